The standard InChI is InChI=1S/C14H20N2O2/c1-3-7-14(15)8-16(9-14)13(18)11-6-4-5-10(2)12(11)17/h4-6,17H,3,7-9,15H2,1-2H3. The van der Waals surface area contributed by atoms with Gasteiger partial charge in [0.1, 0.15) is 5.75 Å². The molecule has 0 aromatic heterocycles. The van der Waals surface area contributed by atoms with E-state index in [1.54, 1.807) is 30.0 Å². The zero-order valence-corrected chi connectivity index (χ0v) is 10.9. The summed E-state index contributed by atoms with van der Waals surface area (Å²) in [5.41, 5.74) is 6.98. The first-order chi connectivity index (χ1) is 8.47. The molecule has 3 N–H and O–H groups in total. The highest BCUT2D eigenvalue weighted by Gasteiger charge is 2.41. The topological polar surface area (TPSA) is 66.6 Å². The number of para-hydroxylation sites is 1. The number of amides is 1. The van der Waals surface area contributed by atoms with Crippen LogP contribution in [0.3, 0.4) is 0 Å². The molecule has 2 rings (SSSR count). The van der Waals surface area contributed by atoms with Gasteiger partial charge in [-0.05, 0) is 25.0 Å². The second kappa shape index (κ2) is 4.61. The monoisotopic (exact) mass is 248 g/mol. The van der Waals surface area contributed by atoms with E-state index >= 15 is 0 Å². The molecular formula is C14H20N2O2. The maximum Gasteiger partial charge on any atom is 0.257 e. The molecule has 0 radical (unpaired) electrons. The second-order valence-electron chi connectivity index (χ2n) is 5.24. The van der Waals surface area contributed by atoms with Gasteiger partial charge in [-0.15, -0.1) is 0 Å². The Morgan fingerprint density at radius 3 is 2.78 bits per heavy atom. The normalized spacial score (nSPS) is 17.4. The molecule has 4 nitrogen and oxygen atoms in total. The molecule has 0 spiro atoms. The van der Waals surface area contributed by atoms with E-state index in [1.165, 1.54) is 0 Å². The van der Waals surface area contributed by atoms with Crippen LogP contribution in [0.1, 0.15) is 35.7 Å². The van der Waals surface area contributed by atoms with Gasteiger partial charge in [-0.25, -0.2) is 0 Å². The summed E-state index contributed by atoms with van der Waals surface area (Å²) < 4.78 is 0. The predicted octanol–water partition coefficient (Wildman–Crippen LogP) is 1.65. The number of aromatic hydroxyl groups is 1. The van der Waals surface area contributed by atoms with E-state index in [2.05, 4.69) is 6.92 Å². The maximum absolute atomic E-state index is 12.2. The minimum Gasteiger partial charge on any atom is -0.507 e. The lowest BCUT2D eigenvalue weighted by molar-refractivity contribution is 0.0383. The van der Waals surface area contributed by atoms with Gasteiger partial charge in [0.05, 0.1) is 11.1 Å². The van der Waals surface area contributed by atoms with Crippen LogP contribution in [0.5, 0.6) is 5.75 Å². The first-order valence-corrected chi connectivity index (χ1v) is 6.33. The quantitative estimate of drug-likeness (QED) is 0.854. The fraction of sp³-hybridized carbons (Fsp3) is 0.500. The predicted molar refractivity (Wildman–Crippen MR) is 70.6 cm³/mol. The average Bonchev–Trinajstić information content (AvgIpc) is 2.29. The van der Waals surface area contributed by atoms with Crippen molar-refractivity contribution in [3.63, 3.8) is 0 Å². The van der Waals surface area contributed by atoms with E-state index in [0.29, 0.717) is 24.2 Å². The Morgan fingerprint density at radius 2 is 2.17 bits per heavy atom. The third kappa shape index (κ3) is 2.20. The van der Waals surface area contributed by atoms with Crippen LogP contribution in [0.25, 0.3) is 0 Å². The molecule has 1 aliphatic heterocycles. The lowest BCUT2D eigenvalue weighted by atomic mass is 9.86. The summed E-state index contributed by atoms with van der Waals surface area (Å²) in [6.07, 6.45) is 1.95. The summed E-state index contributed by atoms with van der Waals surface area (Å²) in [5.74, 6) is -0.0547. The van der Waals surface area contributed by atoms with E-state index in [9.17, 15) is 9.90 Å². The van der Waals surface area contributed by atoms with Crippen molar-refractivity contribution in [2.24, 2.45) is 5.73 Å². The highest BCUT2D eigenvalue weighted by Crippen LogP contribution is 2.28. The molecule has 0 unspecified atom stereocenters. The summed E-state index contributed by atoms with van der Waals surface area (Å²) in [6.45, 7) is 5.03. The molecule has 1 aromatic carbocycles. The van der Waals surface area contributed by atoms with Gasteiger partial charge in [0, 0.05) is 13.1 Å². The molecule has 0 bridgehead atoms. The Hall–Kier alpha value is -1.55. The number of hydrogen-bond donors (Lipinski definition) is 2. The van der Waals surface area contributed by atoms with Crippen LogP contribution in [-0.2, 0) is 0 Å². The van der Waals surface area contributed by atoms with Crippen molar-refractivity contribution in [2.45, 2.75) is 32.2 Å². The molecule has 98 valence electrons. The van der Waals surface area contributed by atoms with E-state index < -0.39 is 0 Å². The SMILES string of the molecule is CCCC1(N)CN(C(=O)c2cccc(C)c2O)C1. The molecule has 1 saturated heterocycles. The summed E-state index contributed by atoms with van der Waals surface area (Å²) in [4.78, 5) is 13.9. The van der Waals surface area contributed by atoms with Crippen molar-refractivity contribution in [1.82, 2.24) is 4.90 Å². The molecule has 1 amide bonds. The van der Waals surface area contributed by atoms with Crippen molar-refractivity contribution in [2.75, 3.05) is 13.1 Å². The van der Waals surface area contributed by atoms with Gasteiger partial charge in [0.2, 0.25) is 0 Å². The molecule has 1 aliphatic rings. The van der Waals surface area contributed by atoms with Crippen LogP contribution in [0.4, 0.5) is 0 Å². The number of carbonyl (C=O) groups excluding carboxylic acids is 1. The first kappa shape index (κ1) is 12.9. The van der Waals surface area contributed by atoms with Crippen molar-refractivity contribution < 1.29 is 9.90 Å². The number of rotatable bonds is 3. The third-order valence-corrected chi connectivity index (χ3v) is 3.51. The van der Waals surface area contributed by atoms with Crippen LogP contribution in [0, 0.1) is 6.92 Å². The number of phenolic OH excluding ortho intramolecular Hbond substituents is 1. The van der Waals surface area contributed by atoms with Gasteiger partial charge in [0.15, 0.2) is 0 Å². The van der Waals surface area contributed by atoms with Gasteiger partial charge in [-0.1, -0.05) is 25.5 Å². The van der Waals surface area contributed by atoms with Crippen molar-refractivity contribution in [3.05, 3.63) is 29.3 Å². The minimum atomic E-state index is -0.232. The van der Waals surface area contributed by atoms with E-state index in [1.807, 2.05) is 0 Å². The van der Waals surface area contributed by atoms with Gasteiger partial charge in [-0.3, -0.25) is 4.79 Å². The largest absolute Gasteiger partial charge is 0.507 e. The zero-order valence-electron chi connectivity index (χ0n) is 10.9. The minimum absolute atomic E-state index is 0.0764. The Labute approximate surface area is 107 Å². The van der Waals surface area contributed by atoms with Crippen LogP contribution in [0.15, 0.2) is 18.2 Å². The number of nitrogens with two attached hydrogens (primary N) is 1. The summed E-state index contributed by atoms with van der Waals surface area (Å²) in [5, 5.41) is 9.89. The lowest BCUT2D eigenvalue weighted by Crippen LogP contribution is -2.68. The first-order valence-electron chi connectivity index (χ1n) is 6.33. The van der Waals surface area contributed by atoms with Gasteiger partial charge < -0.3 is 15.7 Å². The molecule has 4 heteroatoms. The molecular weight excluding hydrogens is 228 g/mol. The highest BCUT2D eigenvalue weighted by molar-refractivity contribution is 5.97. The number of likely N-dealkylation sites (tertiary alicyclic amines) is 1. The molecule has 18 heavy (non-hydrogen) atoms. The number of hydrogen-bond acceptors (Lipinski definition) is 3. The Balaban J connectivity index is 2.08. The Morgan fingerprint density at radius 1 is 1.50 bits per heavy atom. The number of phenols is 1. The van der Waals surface area contributed by atoms with Crippen molar-refractivity contribution in [3.8, 4) is 5.75 Å². The van der Waals surface area contributed by atoms with Crippen LogP contribution < -0.4 is 5.73 Å². The molecule has 1 aromatic rings. The average molecular weight is 248 g/mol. The Kier molecular flexibility index (Phi) is 3.30. The molecule has 0 atom stereocenters. The molecule has 1 fully saturated rings. The number of benzene rings is 1. The fourth-order valence-corrected chi connectivity index (χ4v) is 2.52. The Bertz CT molecular complexity index is 465. The van der Waals surface area contributed by atoms with Crippen molar-refractivity contribution in [1.29, 1.82) is 0 Å². The summed E-state index contributed by atoms with van der Waals surface area (Å²) in [6, 6.07) is 5.22. The number of nitrogens with zero attached hydrogens (tertiary/aromatic N) is 1. The zero-order chi connectivity index (χ0) is 13.3. The van der Waals surface area contributed by atoms with Crippen LogP contribution in [0.2, 0.25) is 0 Å². The summed E-state index contributed by atoms with van der Waals surface area (Å²) >= 11 is 0. The van der Waals surface area contributed by atoms with Crippen molar-refractivity contribution >= 4 is 5.91 Å². The van der Waals surface area contributed by atoms with Crippen LogP contribution >= 0.6 is 0 Å². The smallest absolute Gasteiger partial charge is 0.257 e. The van der Waals surface area contributed by atoms with Gasteiger partial charge >= 0.3 is 0 Å². The van der Waals surface area contributed by atoms with E-state index in [4.69, 9.17) is 5.73 Å². The highest BCUT2D eigenvalue weighted by atomic mass is 16.3. The fourth-order valence-electron chi connectivity index (χ4n) is 2.52. The van der Waals surface area contributed by atoms with Gasteiger partial charge in [0.25, 0.3) is 5.91 Å². The number of aryl methyl sites for hydroxylation is 1. The maximum atomic E-state index is 12.2. The molecule has 1 heterocycles. The third-order valence-electron chi connectivity index (χ3n) is 3.51. The van der Waals surface area contributed by atoms with E-state index in [-0.39, 0.29) is 17.2 Å². The van der Waals surface area contributed by atoms with Crippen LogP contribution in [-0.4, -0.2) is 34.5 Å². The number of carbonyl (C=O) groups is 1. The lowest BCUT2D eigenvalue weighted by Gasteiger charge is -2.47. The van der Waals surface area contributed by atoms with Gasteiger partial charge in [-0.2, -0.15) is 0 Å². The summed E-state index contributed by atoms with van der Waals surface area (Å²) in [7, 11) is 0. The molecule has 0 saturated carbocycles. The molecule has 0 aliphatic carbocycles. The van der Waals surface area contributed by atoms with E-state index in [0.717, 1.165) is 12.8 Å². The second-order valence-corrected chi connectivity index (χ2v) is 5.24.